The third kappa shape index (κ3) is 4.34. The molecule has 1 aliphatic rings. The van der Waals surface area contributed by atoms with E-state index >= 15 is 0 Å². The highest BCUT2D eigenvalue weighted by atomic mass is 32.2. The van der Waals surface area contributed by atoms with Crippen molar-refractivity contribution in [3.05, 3.63) is 54.4 Å². The lowest BCUT2D eigenvalue weighted by molar-refractivity contribution is -0.114. The lowest BCUT2D eigenvalue weighted by Crippen LogP contribution is -2.49. The lowest BCUT2D eigenvalue weighted by Gasteiger charge is -2.35. The Balaban J connectivity index is 1.48. The number of benzene rings is 1. The Morgan fingerprint density at radius 2 is 1.72 bits per heavy atom. The zero-order valence-electron chi connectivity index (χ0n) is 18.2. The van der Waals surface area contributed by atoms with Gasteiger partial charge in [0.25, 0.3) is 0 Å². The SMILES string of the molecule is CC(=O)Nc1ccc(S(=O)(=O)N2CCN(c3cc(-n4ccnc4C)ncn3)CC2)c(C)c1. The number of hydrogen-bond acceptors (Lipinski definition) is 7. The van der Waals surface area contributed by atoms with Gasteiger partial charge in [0.15, 0.2) is 0 Å². The molecule has 3 heterocycles. The molecule has 0 spiro atoms. The van der Waals surface area contributed by atoms with E-state index in [1.807, 2.05) is 23.8 Å². The molecule has 168 valence electrons. The van der Waals surface area contributed by atoms with E-state index in [-0.39, 0.29) is 10.8 Å². The highest BCUT2D eigenvalue weighted by molar-refractivity contribution is 7.89. The van der Waals surface area contributed by atoms with Crippen LogP contribution in [0.1, 0.15) is 18.3 Å². The van der Waals surface area contributed by atoms with Gasteiger partial charge in [-0.15, -0.1) is 0 Å². The Labute approximate surface area is 187 Å². The number of piperazine rings is 1. The van der Waals surface area contributed by atoms with E-state index in [1.165, 1.54) is 17.6 Å². The summed E-state index contributed by atoms with van der Waals surface area (Å²) < 4.78 is 29.8. The van der Waals surface area contributed by atoms with Crippen molar-refractivity contribution in [2.75, 3.05) is 36.4 Å². The lowest BCUT2D eigenvalue weighted by atomic mass is 10.2. The summed E-state index contributed by atoms with van der Waals surface area (Å²) in [5, 5.41) is 2.67. The molecule has 1 fully saturated rings. The number of carbonyl (C=O) groups excluding carboxylic acids is 1. The predicted molar refractivity (Wildman–Crippen MR) is 120 cm³/mol. The van der Waals surface area contributed by atoms with Gasteiger partial charge in [0.2, 0.25) is 15.9 Å². The van der Waals surface area contributed by atoms with E-state index in [1.54, 1.807) is 31.3 Å². The number of carbonyl (C=O) groups is 1. The molecule has 1 saturated heterocycles. The third-order valence-corrected chi connectivity index (χ3v) is 7.45. The molecule has 0 radical (unpaired) electrons. The van der Waals surface area contributed by atoms with Gasteiger partial charge in [-0.2, -0.15) is 4.31 Å². The number of imidazole rings is 1. The second kappa shape index (κ2) is 8.67. The fourth-order valence-electron chi connectivity index (χ4n) is 3.78. The standard InChI is InChI=1S/C21H25N7O3S/c1-15-12-18(25-17(3)29)4-5-19(15)32(30,31)27-10-8-26(9-11-27)20-13-21(24-14-23-20)28-7-6-22-16(28)2/h4-7,12-14H,8-11H2,1-3H3,(H,25,29). The predicted octanol–water partition coefficient (Wildman–Crippen LogP) is 1.75. The van der Waals surface area contributed by atoms with Crippen LogP contribution < -0.4 is 10.2 Å². The van der Waals surface area contributed by atoms with Crippen molar-refractivity contribution in [3.63, 3.8) is 0 Å². The van der Waals surface area contributed by atoms with E-state index in [2.05, 4.69) is 25.2 Å². The number of aryl methyl sites for hydroxylation is 2. The normalized spacial score (nSPS) is 15.0. The van der Waals surface area contributed by atoms with Gasteiger partial charge in [-0.05, 0) is 37.6 Å². The minimum absolute atomic E-state index is 0.202. The topological polar surface area (TPSA) is 113 Å². The number of anilines is 2. The molecule has 1 N–H and O–H groups in total. The minimum atomic E-state index is -3.64. The van der Waals surface area contributed by atoms with E-state index in [4.69, 9.17) is 0 Å². The van der Waals surface area contributed by atoms with E-state index in [0.29, 0.717) is 37.4 Å². The minimum Gasteiger partial charge on any atom is -0.354 e. The summed E-state index contributed by atoms with van der Waals surface area (Å²) in [6.07, 6.45) is 5.06. The summed E-state index contributed by atoms with van der Waals surface area (Å²) in [6.45, 7) is 6.77. The maximum absolute atomic E-state index is 13.2. The molecule has 0 saturated carbocycles. The number of nitrogens with zero attached hydrogens (tertiary/aromatic N) is 6. The molecular formula is C21H25N7O3S. The Hall–Kier alpha value is -3.31. The summed E-state index contributed by atoms with van der Waals surface area (Å²) in [4.78, 5) is 26.5. The molecule has 3 aromatic rings. The van der Waals surface area contributed by atoms with Gasteiger partial charge in [0, 0.05) is 57.3 Å². The fourth-order valence-corrected chi connectivity index (χ4v) is 5.41. The van der Waals surface area contributed by atoms with E-state index in [9.17, 15) is 13.2 Å². The first kappa shape index (κ1) is 21.9. The summed E-state index contributed by atoms with van der Waals surface area (Å²) >= 11 is 0. The van der Waals surface area contributed by atoms with Crippen LogP contribution >= 0.6 is 0 Å². The molecule has 2 aromatic heterocycles. The van der Waals surface area contributed by atoms with E-state index < -0.39 is 10.0 Å². The number of sulfonamides is 1. The average molecular weight is 456 g/mol. The molecule has 1 amide bonds. The van der Waals surface area contributed by atoms with Crippen LogP contribution in [0.25, 0.3) is 5.82 Å². The number of rotatable bonds is 5. The molecule has 32 heavy (non-hydrogen) atoms. The maximum atomic E-state index is 13.2. The van der Waals surface area contributed by atoms with Crippen LogP contribution in [0.5, 0.6) is 0 Å². The number of aromatic nitrogens is 4. The molecule has 1 aliphatic heterocycles. The average Bonchev–Trinajstić information content (AvgIpc) is 3.19. The second-order valence-corrected chi connectivity index (χ2v) is 9.54. The molecular weight excluding hydrogens is 430 g/mol. The summed E-state index contributed by atoms with van der Waals surface area (Å²) in [7, 11) is -3.64. The highest BCUT2D eigenvalue weighted by Crippen LogP contribution is 2.25. The number of hydrogen-bond donors (Lipinski definition) is 1. The van der Waals surface area contributed by atoms with Crippen LogP contribution in [0.3, 0.4) is 0 Å². The number of amides is 1. The monoisotopic (exact) mass is 455 g/mol. The van der Waals surface area contributed by atoms with Gasteiger partial charge in [-0.1, -0.05) is 0 Å². The van der Waals surface area contributed by atoms with Crippen molar-refractivity contribution >= 4 is 27.4 Å². The Kier molecular flexibility index (Phi) is 5.94. The zero-order chi connectivity index (χ0) is 22.9. The highest BCUT2D eigenvalue weighted by Gasteiger charge is 2.30. The molecule has 0 bridgehead atoms. The van der Waals surface area contributed by atoms with Gasteiger partial charge in [-0.25, -0.2) is 23.4 Å². The van der Waals surface area contributed by atoms with Crippen LogP contribution in [0.2, 0.25) is 0 Å². The Morgan fingerprint density at radius 3 is 2.34 bits per heavy atom. The van der Waals surface area contributed by atoms with Crippen molar-refractivity contribution in [3.8, 4) is 5.82 Å². The molecule has 11 heteroatoms. The second-order valence-electron chi connectivity index (χ2n) is 7.63. The first-order valence-electron chi connectivity index (χ1n) is 10.2. The van der Waals surface area contributed by atoms with E-state index in [0.717, 1.165) is 17.5 Å². The van der Waals surface area contributed by atoms with Gasteiger partial charge < -0.3 is 10.2 Å². The van der Waals surface area contributed by atoms with Gasteiger partial charge >= 0.3 is 0 Å². The van der Waals surface area contributed by atoms with Crippen LogP contribution in [-0.4, -0.2) is 64.3 Å². The Bertz CT molecular complexity index is 1250. The third-order valence-electron chi connectivity index (χ3n) is 5.39. The van der Waals surface area contributed by atoms with Gasteiger partial charge in [0.1, 0.15) is 23.8 Å². The molecule has 0 atom stereocenters. The summed E-state index contributed by atoms with van der Waals surface area (Å²) in [5.74, 6) is 2.09. The smallest absolute Gasteiger partial charge is 0.243 e. The van der Waals surface area contributed by atoms with Crippen LogP contribution in [0.15, 0.2) is 47.9 Å². The van der Waals surface area contributed by atoms with Crippen molar-refractivity contribution in [2.45, 2.75) is 25.7 Å². The fraction of sp³-hybridized carbons (Fsp3) is 0.333. The largest absolute Gasteiger partial charge is 0.354 e. The first-order chi connectivity index (χ1) is 15.3. The van der Waals surface area contributed by atoms with Crippen molar-refractivity contribution < 1.29 is 13.2 Å². The molecule has 0 aliphatic carbocycles. The van der Waals surface area contributed by atoms with Crippen LogP contribution in [-0.2, 0) is 14.8 Å². The molecule has 0 unspecified atom stereocenters. The first-order valence-corrected chi connectivity index (χ1v) is 11.7. The van der Waals surface area contributed by atoms with Crippen LogP contribution in [0, 0.1) is 13.8 Å². The zero-order valence-corrected chi connectivity index (χ0v) is 19.0. The maximum Gasteiger partial charge on any atom is 0.243 e. The molecule has 1 aromatic carbocycles. The van der Waals surface area contributed by atoms with Crippen molar-refractivity contribution in [2.24, 2.45) is 0 Å². The van der Waals surface area contributed by atoms with Crippen LogP contribution in [0.4, 0.5) is 11.5 Å². The Morgan fingerprint density at radius 1 is 1.00 bits per heavy atom. The van der Waals surface area contributed by atoms with Gasteiger partial charge in [0.05, 0.1) is 4.90 Å². The molecule has 10 nitrogen and oxygen atoms in total. The summed E-state index contributed by atoms with van der Waals surface area (Å²) in [5.41, 5.74) is 1.17. The van der Waals surface area contributed by atoms with Crippen molar-refractivity contribution in [1.82, 2.24) is 23.8 Å². The summed E-state index contributed by atoms with van der Waals surface area (Å²) in [6, 6.07) is 6.71. The quantitative estimate of drug-likeness (QED) is 0.623. The van der Waals surface area contributed by atoms with Gasteiger partial charge in [-0.3, -0.25) is 9.36 Å². The van der Waals surface area contributed by atoms with Crippen molar-refractivity contribution in [1.29, 1.82) is 0 Å². The number of nitrogens with one attached hydrogen (secondary N) is 1. The molecule has 4 rings (SSSR count).